The highest BCUT2D eigenvalue weighted by Crippen LogP contribution is 2.42. The minimum atomic E-state index is -6.04. The molecule has 4 N–H and O–H groups in total. The number of amides is 1. The Morgan fingerprint density at radius 3 is 2.06 bits per heavy atom. The lowest BCUT2D eigenvalue weighted by Gasteiger charge is -2.37. The number of rotatable bonds is 17. The minimum Gasteiger partial charge on any atom is -0.393 e. The van der Waals surface area contributed by atoms with E-state index in [1.54, 1.807) is 36.1 Å². The van der Waals surface area contributed by atoms with Crippen LogP contribution in [0, 0.1) is 12.7 Å². The van der Waals surface area contributed by atoms with Crippen molar-refractivity contribution < 1.29 is 49.4 Å². The highest BCUT2D eigenvalue weighted by atomic mass is 32.2. The predicted octanol–water partition coefficient (Wildman–Crippen LogP) is 9.63. The molecule has 1 amide bonds. The average Bonchev–Trinajstić information content (AvgIpc) is 3.79. The van der Waals surface area contributed by atoms with Crippen molar-refractivity contribution >= 4 is 60.3 Å². The Morgan fingerprint density at radius 1 is 0.782 bits per heavy atom. The van der Waals surface area contributed by atoms with Crippen molar-refractivity contribution in [3.05, 3.63) is 138 Å². The van der Waals surface area contributed by atoms with Crippen molar-refractivity contribution in [2.45, 2.75) is 83.9 Å². The van der Waals surface area contributed by atoms with Gasteiger partial charge in [0.1, 0.15) is 10.7 Å². The van der Waals surface area contributed by atoms with Gasteiger partial charge >= 0.3 is 5.51 Å². The Morgan fingerprint density at radius 2 is 1.42 bits per heavy atom. The number of anilines is 4. The summed E-state index contributed by atoms with van der Waals surface area (Å²) in [5, 5.41) is 23.7. The summed E-state index contributed by atoms with van der Waals surface area (Å²) in [6, 6.07) is 32.3. The lowest BCUT2D eigenvalue weighted by atomic mass is 9.94. The van der Waals surface area contributed by atoms with Crippen LogP contribution >= 0.6 is 11.8 Å². The molecular formula is C57H65F4N7O7S3. The fraction of sp³-hybridized carbons (Fsp3) is 0.386. The van der Waals surface area contributed by atoms with Crippen molar-refractivity contribution in [2.24, 2.45) is 7.05 Å². The lowest BCUT2D eigenvalue weighted by molar-refractivity contribution is -0.0436. The maximum atomic E-state index is 14.4. The van der Waals surface area contributed by atoms with Gasteiger partial charge in [-0.05, 0) is 148 Å². The molecule has 0 spiro atoms. The number of nitrogens with one attached hydrogen (secondary N) is 2. The van der Waals surface area contributed by atoms with E-state index < -0.39 is 52.9 Å². The normalized spacial score (nSPS) is 17.3. The maximum absolute atomic E-state index is 14.4. The number of benzene rings is 5. The van der Waals surface area contributed by atoms with E-state index in [2.05, 4.69) is 30.8 Å². The molecule has 3 aliphatic rings. The molecule has 6 aromatic rings. The van der Waals surface area contributed by atoms with Crippen LogP contribution in [0.2, 0.25) is 0 Å². The second-order valence-corrected chi connectivity index (χ2v) is 25.3. The zero-order valence-corrected chi connectivity index (χ0v) is 46.2. The molecule has 3 saturated heterocycles. The number of nitrogens with zero attached hydrogens (tertiary/aromatic N) is 5. The van der Waals surface area contributed by atoms with E-state index in [4.69, 9.17) is 0 Å². The van der Waals surface area contributed by atoms with E-state index in [0.29, 0.717) is 108 Å². The van der Waals surface area contributed by atoms with Gasteiger partial charge in [0.25, 0.3) is 25.8 Å². The maximum Gasteiger partial charge on any atom is 0.501 e. The first-order valence-electron chi connectivity index (χ1n) is 26.1. The van der Waals surface area contributed by atoms with Crippen molar-refractivity contribution in [1.82, 2.24) is 14.4 Å². The van der Waals surface area contributed by atoms with Crippen LogP contribution in [0.3, 0.4) is 0 Å². The summed E-state index contributed by atoms with van der Waals surface area (Å²) in [5.41, 5.74) is -0.624. The van der Waals surface area contributed by atoms with Crippen LogP contribution in [0.5, 0.6) is 0 Å². The number of aliphatic hydroxyl groups excluding tert-OH is 1. The third kappa shape index (κ3) is 12.8. The molecule has 0 bridgehead atoms. The van der Waals surface area contributed by atoms with Crippen LogP contribution in [0.15, 0.2) is 136 Å². The second kappa shape index (κ2) is 23.3. The first-order valence-corrected chi connectivity index (χ1v) is 30.0. The highest BCUT2D eigenvalue weighted by Gasteiger charge is 2.48. The number of piperazine rings is 1. The van der Waals surface area contributed by atoms with E-state index in [0.717, 1.165) is 56.5 Å². The van der Waals surface area contributed by atoms with Gasteiger partial charge in [0, 0.05) is 111 Å². The molecule has 14 nitrogen and oxygen atoms in total. The Balaban J connectivity index is 0.894. The minimum absolute atomic E-state index is 0.112. The van der Waals surface area contributed by atoms with E-state index in [9.17, 15) is 49.4 Å². The van der Waals surface area contributed by atoms with Crippen LogP contribution in [-0.4, -0.2) is 135 Å². The third-order valence-electron chi connectivity index (χ3n) is 15.2. The number of sulfonamides is 1. The SMILES string of the molecule is Cc1c(C(=O)N2CCC(O)CC2)c(-c2cccc(N3CCN(c4ccc(NS(=O)(=O)c5ccc(N[C@H](CCN6CCC(C)(O)CC6)CSc6ccccc6)c(S(=O)(=O)C(F)(F)F)c5)cc4)CC3)c2)c(-c2ccc(F)cc2)n1C. The first kappa shape index (κ1) is 56.6. The number of alkyl halides is 3. The van der Waals surface area contributed by atoms with Crippen LogP contribution in [0.1, 0.15) is 55.1 Å². The zero-order chi connectivity index (χ0) is 55.6. The summed E-state index contributed by atoms with van der Waals surface area (Å²) in [4.78, 5) is 21.7. The molecule has 0 radical (unpaired) electrons. The summed E-state index contributed by atoms with van der Waals surface area (Å²) in [7, 11) is -8.75. The van der Waals surface area contributed by atoms with E-state index in [1.807, 2.05) is 67.1 Å². The first-order chi connectivity index (χ1) is 37.1. The van der Waals surface area contributed by atoms with E-state index in [1.165, 1.54) is 36.0 Å². The van der Waals surface area contributed by atoms with Gasteiger partial charge in [-0.15, -0.1) is 11.8 Å². The van der Waals surface area contributed by atoms with Gasteiger partial charge in [-0.3, -0.25) is 9.52 Å². The second-order valence-electron chi connectivity index (χ2n) is 20.6. The number of sulfone groups is 1. The summed E-state index contributed by atoms with van der Waals surface area (Å²) >= 11 is 1.45. The Kier molecular flexibility index (Phi) is 16.9. The van der Waals surface area contributed by atoms with Gasteiger partial charge in [-0.1, -0.05) is 30.3 Å². The average molecular weight is 1130 g/mol. The van der Waals surface area contributed by atoms with Crippen molar-refractivity contribution in [3.8, 4) is 22.4 Å². The van der Waals surface area contributed by atoms with E-state index in [-0.39, 0.29) is 23.1 Å². The van der Waals surface area contributed by atoms with E-state index >= 15 is 0 Å². The van der Waals surface area contributed by atoms with Gasteiger partial charge in [0.05, 0.1) is 33.5 Å². The van der Waals surface area contributed by atoms with Gasteiger partial charge < -0.3 is 39.7 Å². The Labute approximate surface area is 458 Å². The molecule has 3 aliphatic heterocycles. The van der Waals surface area contributed by atoms with Crippen LogP contribution in [0.4, 0.5) is 40.3 Å². The molecule has 9 rings (SSSR count). The van der Waals surface area contributed by atoms with Crippen LogP contribution in [0.25, 0.3) is 22.4 Å². The molecule has 416 valence electrons. The Hall–Kier alpha value is -6.10. The third-order valence-corrected chi connectivity index (χ3v) is 19.3. The number of hydrogen-bond donors (Lipinski definition) is 4. The van der Waals surface area contributed by atoms with Crippen molar-refractivity contribution in [2.75, 3.05) is 84.5 Å². The zero-order valence-electron chi connectivity index (χ0n) is 43.7. The smallest absolute Gasteiger partial charge is 0.393 e. The van der Waals surface area contributed by atoms with Gasteiger partial charge in [-0.2, -0.15) is 13.2 Å². The molecule has 21 heteroatoms. The molecule has 0 aliphatic carbocycles. The summed E-state index contributed by atoms with van der Waals surface area (Å²) < 4.78 is 116. The molecular weight excluding hydrogens is 1070 g/mol. The Bertz CT molecular complexity index is 3300. The quantitative estimate of drug-likeness (QED) is 0.0505. The monoisotopic (exact) mass is 1130 g/mol. The molecule has 5 aromatic carbocycles. The number of piperidine rings is 2. The number of carbonyl (C=O) groups is 1. The molecule has 1 aromatic heterocycles. The lowest BCUT2D eigenvalue weighted by Crippen LogP contribution is -2.46. The molecule has 0 unspecified atom stereocenters. The topological polar surface area (TPSA) is 168 Å². The largest absolute Gasteiger partial charge is 0.501 e. The number of likely N-dealkylation sites (tertiary alicyclic amines) is 2. The summed E-state index contributed by atoms with van der Waals surface area (Å²) in [6.07, 6.45) is 2.07. The number of halogens is 4. The summed E-state index contributed by atoms with van der Waals surface area (Å²) in [5.74, 6) is -0.139. The van der Waals surface area contributed by atoms with Gasteiger partial charge in [-0.25, -0.2) is 21.2 Å². The molecule has 3 fully saturated rings. The van der Waals surface area contributed by atoms with Crippen molar-refractivity contribution in [3.63, 3.8) is 0 Å². The molecule has 1 atom stereocenters. The fourth-order valence-electron chi connectivity index (χ4n) is 10.4. The number of aliphatic hydroxyl groups is 2. The number of aromatic nitrogens is 1. The molecule has 4 heterocycles. The number of thioether (sulfide) groups is 1. The van der Waals surface area contributed by atoms with Crippen molar-refractivity contribution in [1.29, 1.82) is 0 Å². The highest BCUT2D eigenvalue weighted by molar-refractivity contribution is 7.99. The molecule has 0 saturated carbocycles. The standard InChI is InChI=1S/C57H65F4N7O7S3/c1-39-52(55(70)68-28-23-47(69)24-29-68)53(54(64(39)3)40-12-14-42(58)15-13-40)41-8-7-9-46(36-41)67-34-32-66(33-35-67)45-18-16-43(17-19-45)63-78(74,75)49-20-21-50(51(37-49)77(72,73)57(59,60)61)62-44(38-76-48-10-5-4-6-11-48)22-27-65-30-25-56(2,71)26-31-65/h4-21,36-37,44,47,62-63,69,71H,22-35,38H2,1-3H3/t44-/m1/s1. The predicted molar refractivity (Wildman–Crippen MR) is 299 cm³/mol. The number of carbonyl (C=O) groups excluding carboxylic acids is 1. The molecule has 78 heavy (non-hydrogen) atoms. The van der Waals surface area contributed by atoms with Gasteiger partial charge in [0.2, 0.25) is 0 Å². The fourth-order valence-corrected chi connectivity index (χ4v) is 13.5. The number of hydrogen-bond acceptors (Lipinski definition) is 12. The van der Waals surface area contributed by atoms with Gasteiger partial charge in [0.15, 0.2) is 0 Å². The summed E-state index contributed by atoms with van der Waals surface area (Å²) in [6.45, 7) is 8.74. The van der Waals surface area contributed by atoms with Crippen LogP contribution in [-0.2, 0) is 26.9 Å². The van der Waals surface area contributed by atoms with Crippen LogP contribution < -0.4 is 19.8 Å².